The number of fused-ring (bicyclic) bond motifs is 1. The molecule has 0 amide bonds. The minimum Gasteiger partial charge on any atom is -0.364 e. The van der Waals surface area contributed by atoms with Gasteiger partial charge in [0.2, 0.25) is 10.0 Å². The Hall–Kier alpha value is -2.23. The standard InChI is InChI=1S/C16H18N4O4S/c21-25(22,12-15-14-3-1-2-4-16(14)24-18-15)20-8-6-19(7-9-20)11-13-5-10-23-17-13/h1-5,10H,6-9,11-12H2. The van der Waals surface area contributed by atoms with Gasteiger partial charge in [0.1, 0.15) is 17.7 Å². The van der Waals surface area contributed by atoms with E-state index in [9.17, 15) is 8.42 Å². The third-order valence-electron chi connectivity index (χ3n) is 4.37. The lowest BCUT2D eigenvalue weighted by molar-refractivity contribution is 0.177. The first kappa shape index (κ1) is 16.2. The topological polar surface area (TPSA) is 92.7 Å². The quantitative estimate of drug-likeness (QED) is 0.678. The van der Waals surface area contributed by atoms with Crippen molar-refractivity contribution in [2.24, 2.45) is 0 Å². The molecule has 132 valence electrons. The average Bonchev–Trinajstić information content (AvgIpc) is 3.26. The van der Waals surface area contributed by atoms with E-state index < -0.39 is 10.0 Å². The van der Waals surface area contributed by atoms with Gasteiger partial charge in [-0.25, -0.2) is 8.42 Å². The maximum Gasteiger partial charge on any atom is 0.220 e. The molecule has 4 rings (SSSR count). The first-order valence-electron chi connectivity index (χ1n) is 8.04. The Morgan fingerprint density at radius 2 is 1.84 bits per heavy atom. The molecule has 3 heterocycles. The zero-order chi connectivity index (χ0) is 17.3. The summed E-state index contributed by atoms with van der Waals surface area (Å²) < 4.78 is 37.0. The zero-order valence-electron chi connectivity index (χ0n) is 13.5. The third kappa shape index (κ3) is 3.44. The van der Waals surface area contributed by atoms with Crippen molar-refractivity contribution in [2.45, 2.75) is 12.3 Å². The molecule has 1 aliphatic heterocycles. The lowest BCUT2D eigenvalue weighted by Crippen LogP contribution is -2.48. The van der Waals surface area contributed by atoms with Gasteiger partial charge in [-0.05, 0) is 12.1 Å². The van der Waals surface area contributed by atoms with Crippen LogP contribution in [0.4, 0.5) is 0 Å². The van der Waals surface area contributed by atoms with Crippen LogP contribution in [0.5, 0.6) is 0 Å². The molecule has 25 heavy (non-hydrogen) atoms. The minimum atomic E-state index is -3.43. The van der Waals surface area contributed by atoms with E-state index in [1.54, 1.807) is 6.07 Å². The number of hydrogen-bond acceptors (Lipinski definition) is 7. The van der Waals surface area contributed by atoms with Crippen LogP contribution >= 0.6 is 0 Å². The molecule has 8 nitrogen and oxygen atoms in total. The highest BCUT2D eigenvalue weighted by molar-refractivity contribution is 7.88. The Morgan fingerprint density at radius 1 is 1.04 bits per heavy atom. The van der Waals surface area contributed by atoms with E-state index in [1.807, 2.05) is 24.3 Å². The number of sulfonamides is 1. The van der Waals surface area contributed by atoms with Crippen LogP contribution in [-0.2, 0) is 22.3 Å². The van der Waals surface area contributed by atoms with Crippen LogP contribution in [0, 0.1) is 0 Å². The zero-order valence-corrected chi connectivity index (χ0v) is 14.4. The SMILES string of the molecule is O=S(=O)(Cc1noc2ccccc12)N1CCN(Cc2ccon2)CC1. The summed E-state index contributed by atoms with van der Waals surface area (Å²) in [7, 11) is -3.43. The molecule has 2 aromatic heterocycles. The summed E-state index contributed by atoms with van der Waals surface area (Å²) in [5.41, 5.74) is 1.91. The fraction of sp³-hybridized carbons (Fsp3) is 0.375. The highest BCUT2D eigenvalue weighted by atomic mass is 32.2. The lowest BCUT2D eigenvalue weighted by Gasteiger charge is -2.33. The molecular formula is C16H18N4O4S. The van der Waals surface area contributed by atoms with Crippen LogP contribution in [0.1, 0.15) is 11.4 Å². The van der Waals surface area contributed by atoms with Crippen molar-refractivity contribution in [3.63, 3.8) is 0 Å². The molecule has 1 saturated heterocycles. The molecular weight excluding hydrogens is 344 g/mol. The number of aromatic nitrogens is 2. The van der Waals surface area contributed by atoms with E-state index in [0.717, 1.165) is 11.1 Å². The summed E-state index contributed by atoms with van der Waals surface area (Å²) in [5.74, 6) is -0.146. The predicted molar refractivity (Wildman–Crippen MR) is 90.0 cm³/mol. The highest BCUT2D eigenvalue weighted by Gasteiger charge is 2.29. The molecule has 0 saturated carbocycles. The molecule has 1 aliphatic rings. The molecule has 9 heteroatoms. The minimum absolute atomic E-state index is 0.146. The van der Waals surface area contributed by atoms with Crippen molar-refractivity contribution < 1.29 is 17.5 Å². The second-order valence-electron chi connectivity index (χ2n) is 6.05. The first-order valence-corrected chi connectivity index (χ1v) is 9.65. The van der Waals surface area contributed by atoms with Crippen molar-refractivity contribution in [1.29, 1.82) is 0 Å². The molecule has 0 radical (unpaired) electrons. The largest absolute Gasteiger partial charge is 0.364 e. The lowest BCUT2D eigenvalue weighted by atomic mass is 10.2. The van der Waals surface area contributed by atoms with Gasteiger partial charge in [0.25, 0.3) is 0 Å². The Labute approximate surface area is 145 Å². The van der Waals surface area contributed by atoms with Crippen molar-refractivity contribution in [1.82, 2.24) is 19.5 Å². The Bertz CT molecular complexity index is 944. The summed E-state index contributed by atoms with van der Waals surface area (Å²) in [4.78, 5) is 2.16. The molecule has 1 aromatic carbocycles. The number of rotatable bonds is 5. The Balaban J connectivity index is 1.41. The fourth-order valence-electron chi connectivity index (χ4n) is 3.02. The van der Waals surface area contributed by atoms with E-state index in [2.05, 4.69) is 15.2 Å². The summed E-state index contributed by atoms with van der Waals surface area (Å²) in [6.07, 6.45) is 1.54. The van der Waals surface area contributed by atoms with E-state index in [-0.39, 0.29) is 5.75 Å². The Morgan fingerprint density at radius 3 is 2.60 bits per heavy atom. The van der Waals surface area contributed by atoms with Gasteiger partial charge in [0, 0.05) is 44.2 Å². The number of hydrogen-bond donors (Lipinski definition) is 0. The van der Waals surface area contributed by atoms with Gasteiger partial charge < -0.3 is 9.05 Å². The van der Waals surface area contributed by atoms with Crippen molar-refractivity contribution >= 4 is 21.0 Å². The normalized spacial score (nSPS) is 17.3. The van der Waals surface area contributed by atoms with Crippen LogP contribution in [0.15, 0.2) is 45.6 Å². The van der Waals surface area contributed by atoms with Crippen LogP contribution in [0.3, 0.4) is 0 Å². The fourth-order valence-corrected chi connectivity index (χ4v) is 4.48. The van der Waals surface area contributed by atoms with Gasteiger partial charge in [-0.1, -0.05) is 22.4 Å². The summed E-state index contributed by atoms with van der Waals surface area (Å²) >= 11 is 0. The monoisotopic (exact) mass is 362 g/mol. The second kappa shape index (κ2) is 6.58. The number of nitrogens with zero attached hydrogens (tertiary/aromatic N) is 4. The molecule has 0 unspecified atom stereocenters. The number of piperazine rings is 1. The summed E-state index contributed by atoms with van der Waals surface area (Å²) in [5, 5.41) is 8.57. The van der Waals surface area contributed by atoms with Crippen molar-refractivity contribution in [3.8, 4) is 0 Å². The van der Waals surface area contributed by atoms with Crippen molar-refractivity contribution in [2.75, 3.05) is 26.2 Å². The predicted octanol–water partition coefficient (Wildman–Crippen LogP) is 1.46. The average molecular weight is 362 g/mol. The first-order chi connectivity index (χ1) is 12.1. The molecule has 0 bridgehead atoms. The molecule has 0 spiro atoms. The van der Waals surface area contributed by atoms with Gasteiger partial charge in [-0.15, -0.1) is 0 Å². The van der Waals surface area contributed by atoms with Crippen LogP contribution in [0.2, 0.25) is 0 Å². The van der Waals surface area contributed by atoms with Gasteiger partial charge >= 0.3 is 0 Å². The smallest absolute Gasteiger partial charge is 0.220 e. The van der Waals surface area contributed by atoms with Gasteiger partial charge in [-0.2, -0.15) is 4.31 Å². The molecule has 1 fully saturated rings. The molecule has 0 atom stereocenters. The van der Waals surface area contributed by atoms with Gasteiger partial charge in [-0.3, -0.25) is 4.90 Å². The maximum atomic E-state index is 12.7. The summed E-state index contributed by atoms with van der Waals surface area (Å²) in [6, 6.07) is 9.10. The van der Waals surface area contributed by atoms with Gasteiger partial charge in [0.05, 0.1) is 5.69 Å². The number of benzene rings is 1. The Kier molecular flexibility index (Phi) is 4.28. The van der Waals surface area contributed by atoms with Crippen LogP contribution < -0.4 is 0 Å². The van der Waals surface area contributed by atoms with E-state index >= 15 is 0 Å². The van der Waals surface area contributed by atoms with E-state index in [4.69, 9.17) is 9.05 Å². The van der Waals surface area contributed by atoms with Crippen LogP contribution in [-0.4, -0.2) is 54.1 Å². The van der Waals surface area contributed by atoms with E-state index in [0.29, 0.717) is 44.0 Å². The van der Waals surface area contributed by atoms with Crippen LogP contribution in [0.25, 0.3) is 11.0 Å². The number of para-hydroxylation sites is 1. The third-order valence-corrected chi connectivity index (χ3v) is 6.16. The highest BCUT2D eigenvalue weighted by Crippen LogP contribution is 2.21. The maximum absolute atomic E-state index is 12.7. The molecule has 3 aromatic rings. The molecule has 0 N–H and O–H groups in total. The second-order valence-corrected chi connectivity index (χ2v) is 8.02. The molecule has 0 aliphatic carbocycles. The van der Waals surface area contributed by atoms with E-state index in [1.165, 1.54) is 10.6 Å². The van der Waals surface area contributed by atoms with Crippen molar-refractivity contribution in [3.05, 3.63) is 48.0 Å². The van der Waals surface area contributed by atoms with Gasteiger partial charge in [0.15, 0.2) is 5.58 Å². The summed E-state index contributed by atoms with van der Waals surface area (Å²) in [6.45, 7) is 2.89.